The Kier molecular flexibility index (Phi) is 5.45. The number of aromatic nitrogens is 1. The number of rotatable bonds is 4. The highest BCUT2D eigenvalue weighted by molar-refractivity contribution is 7.11. The van der Waals surface area contributed by atoms with Crippen molar-refractivity contribution in [2.24, 2.45) is 5.73 Å². The fraction of sp³-hybridized carbons (Fsp3) is 0.750. The van der Waals surface area contributed by atoms with Crippen molar-refractivity contribution < 1.29 is 9.53 Å². The number of hydrogen-bond donors (Lipinski definition) is 1. The first kappa shape index (κ1) is 17.2. The van der Waals surface area contributed by atoms with Gasteiger partial charge in [-0.1, -0.05) is 6.92 Å². The smallest absolute Gasteiger partial charge is 0.410 e. The minimum absolute atomic E-state index is 0.202. The van der Waals surface area contributed by atoms with Crippen molar-refractivity contribution in [3.05, 3.63) is 15.6 Å². The Hall–Kier alpha value is -1.14. The van der Waals surface area contributed by atoms with Crippen molar-refractivity contribution in [3.63, 3.8) is 0 Å². The van der Waals surface area contributed by atoms with E-state index in [4.69, 9.17) is 10.5 Å². The predicted molar refractivity (Wildman–Crippen MR) is 89.0 cm³/mol. The van der Waals surface area contributed by atoms with Gasteiger partial charge < -0.3 is 15.4 Å². The summed E-state index contributed by atoms with van der Waals surface area (Å²) < 4.78 is 5.57. The van der Waals surface area contributed by atoms with Crippen LogP contribution in [0.25, 0.3) is 0 Å². The SMILES string of the molecule is CCCN(C(=O)OC(C)(C)C)C1CCc2nc(CN)sc2C1. The van der Waals surface area contributed by atoms with Crippen LogP contribution in [0.2, 0.25) is 0 Å². The van der Waals surface area contributed by atoms with E-state index in [1.54, 1.807) is 11.3 Å². The lowest BCUT2D eigenvalue weighted by molar-refractivity contribution is 0.0146. The molecule has 6 heteroatoms. The summed E-state index contributed by atoms with van der Waals surface area (Å²) in [6, 6.07) is 0.202. The van der Waals surface area contributed by atoms with Gasteiger partial charge in [-0.25, -0.2) is 9.78 Å². The summed E-state index contributed by atoms with van der Waals surface area (Å²) in [5.74, 6) is 0. The lowest BCUT2D eigenvalue weighted by Gasteiger charge is -2.35. The van der Waals surface area contributed by atoms with Crippen LogP contribution in [0.15, 0.2) is 0 Å². The van der Waals surface area contributed by atoms with Gasteiger partial charge in [0.2, 0.25) is 0 Å². The summed E-state index contributed by atoms with van der Waals surface area (Å²) in [5, 5.41) is 0.991. The zero-order chi connectivity index (χ0) is 16.3. The number of ether oxygens (including phenoxy) is 1. The maximum Gasteiger partial charge on any atom is 0.410 e. The van der Waals surface area contributed by atoms with E-state index < -0.39 is 5.60 Å². The monoisotopic (exact) mass is 325 g/mol. The van der Waals surface area contributed by atoms with E-state index in [0.29, 0.717) is 6.54 Å². The van der Waals surface area contributed by atoms with Crippen molar-refractivity contribution >= 4 is 17.4 Å². The zero-order valence-electron chi connectivity index (χ0n) is 14.0. The molecule has 0 radical (unpaired) electrons. The molecule has 1 aliphatic carbocycles. The van der Waals surface area contributed by atoms with Crippen LogP contribution < -0.4 is 5.73 Å². The van der Waals surface area contributed by atoms with E-state index in [0.717, 1.165) is 37.2 Å². The first-order chi connectivity index (χ1) is 10.3. The average molecular weight is 325 g/mol. The number of fused-ring (bicyclic) bond motifs is 1. The number of hydrogen-bond acceptors (Lipinski definition) is 5. The predicted octanol–water partition coefficient (Wildman–Crippen LogP) is 3.11. The van der Waals surface area contributed by atoms with Crippen LogP contribution in [0.1, 0.15) is 56.1 Å². The molecule has 0 saturated heterocycles. The van der Waals surface area contributed by atoms with Crippen molar-refractivity contribution in [3.8, 4) is 0 Å². The normalized spacial score (nSPS) is 18.0. The van der Waals surface area contributed by atoms with Crippen molar-refractivity contribution in [2.75, 3.05) is 6.54 Å². The maximum atomic E-state index is 12.5. The van der Waals surface area contributed by atoms with E-state index >= 15 is 0 Å². The Morgan fingerprint density at radius 1 is 1.50 bits per heavy atom. The topological polar surface area (TPSA) is 68.5 Å². The highest BCUT2D eigenvalue weighted by atomic mass is 32.1. The number of carbonyl (C=O) groups is 1. The van der Waals surface area contributed by atoms with Gasteiger partial charge in [0.1, 0.15) is 10.6 Å². The maximum absolute atomic E-state index is 12.5. The van der Waals surface area contributed by atoms with Gasteiger partial charge in [-0.3, -0.25) is 0 Å². The summed E-state index contributed by atoms with van der Waals surface area (Å²) in [4.78, 5) is 20.2. The molecule has 1 atom stereocenters. The Morgan fingerprint density at radius 3 is 2.82 bits per heavy atom. The molecule has 0 bridgehead atoms. The quantitative estimate of drug-likeness (QED) is 0.923. The van der Waals surface area contributed by atoms with E-state index in [9.17, 15) is 4.79 Å². The molecule has 1 aromatic heterocycles. The molecule has 1 amide bonds. The molecule has 1 heterocycles. The van der Waals surface area contributed by atoms with E-state index in [2.05, 4.69) is 11.9 Å². The van der Waals surface area contributed by atoms with Crippen LogP contribution in [-0.4, -0.2) is 34.2 Å². The van der Waals surface area contributed by atoms with Gasteiger partial charge in [0, 0.05) is 30.4 Å². The number of nitrogens with zero attached hydrogens (tertiary/aromatic N) is 2. The standard InChI is InChI=1S/C16H27N3O2S/c1-5-8-19(15(20)21-16(2,3)4)11-6-7-12-13(9-11)22-14(10-17)18-12/h11H,5-10,17H2,1-4H3. The second-order valence-electron chi connectivity index (χ2n) is 6.75. The first-order valence-corrected chi connectivity index (χ1v) is 8.82. The zero-order valence-corrected chi connectivity index (χ0v) is 14.8. The molecule has 0 aliphatic heterocycles. The fourth-order valence-corrected chi connectivity index (χ4v) is 3.81. The number of carbonyl (C=O) groups excluding carboxylic acids is 1. The third-order valence-corrected chi connectivity index (χ3v) is 4.81. The molecule has 2 N–H and O–H groups in total. The number of amides is 1. The molecule has 0 aromatic carbocycles. The molecular formula is C16H27N3O2S. The van der Waals surface area contributed by atoms with Crippen LogP contribution >= 0.6 is 11.3 Å². The summed E-state index contributed by atoms with van der Waals surface area (Å²) in [7, 11) is 0. The minimum Gasteiger partial charge on any atom is -0.444 e. The Morgan fingerprint density at radius 2 is 2.23 bits per heavy atom. The van der Waals surface area contributed by atoms with Crippen molar-refractivity contribution in [1.29, 1.82) is 0 Å². The van der Waals surface area contributed by atoms with Crippen molar-refractivity contribution in [2.45, 2.75) is 71.6 Å². The van der Waals surface area contributed by atoms with Crippen LogP contribution in [0, 0.1) is 0 Å². The van der Waals surface area contributed by atoms with Crippen LogP contribution in [0.5, 0.6) is 0 Å². The second kappa shape index (κ2) is 6.96. The lowest BCUT2D eigenvalue weighted by Crippen LogP contribution is -2.46. The lowest BCUT2D eigenvalue weighted by atomic mass is 9.96. The fourth-order valence-electron chi connectivity index (χ4n) is 2.75. The average Bonchev–Trinajstić information content (AvgIpc) is 2.84. The first-order valence-electron chi connectivity index (χ1n) is 8.01. The number of aryl methyl sites for hydroxylation is 1. The van der Waals surface area contributed by atoms with Crippen LogP contribution in [0.4, 0.5) is 4.79 Å². The molecule has 0 spiro atoms. The molecule has 124 valence electrons. The third-order valence-electron chi connectivity index (χ3n) is 3.67. The highest BCUT2D eigenvalue weighted by Crippen LogP contribution is 2.30. The van der Waals surface area contributed by atoms with Gasteiger partial charge in [-0.2, -0.15) is 0 Å². The van der Waals surface area contributed by atoms with Gasteiger partial charge in [-0.05, 0) is 40.0 Å². The summed E-state index contributed by atoms with van der Waals surface area (Å²) >= 11 is 1.68. The number of nitrogens with two attached hydrogens (primary N) is 1. The molecule has 1 aliphatic rings. The molecule has 0 saturated carbocycles. The Balaban J connectivity index is 2.11. The minimum atomic E-state index is -0.458. The van der Waals surface area contributed by atoms with E-state index in [1.165, 1.54) is 10.6 Å². The third kappa shape index (κ3) is 4.20. The van der Waals surface area contributed by atoms with Crippen LogP contribution in [0.3, 0.4) is 0 Å². The molecule has 22 heavy (non-hydrogen) atoms. The second-order valence-corrected chi connectivity index (χ2v) is 7.92. The van der Waals surface area contributed by atoms with Gasteiger partial charge in [-0.15, -0.1) is 11.3 Å². The molecule has 1 unspecified atom stereocenters. The Bertz CT molecular complexity index is 522. The van der Waals surface area contributed by atoms with Gasteiger partial charge in [0.05, 0.1) is 5.69 Å². The Labute approximate surface area is 136 Å². The summed E-state index contributed by atoms with van der Waals surface area (Å²) in [5.41, 5.74) is 6.40. The van der Waals surface area contributed by atoms with E-state index in [-0.39, 0.29) is 12.1 Å². The number of thiazole rings is 1. The molecular weight excluding hydrogens is 298 g/mol. The molecule has 2 rings (SSSR count). The van der Waals surface area contributed by atoms with Gasteiger partial charge in [0.15, 0.2) is 0 Å². The molecule has 5 nitrogen and oxygen atoms in total. The van der Waals surface area contributed by atoms with Gasteiger partial charge in [0.25, 0.3) is 0 Å². The molecule has 1 aromatic rings. The van der Waals surface area contributed by atoms with Crippen molar-refractivity contribution in [1.82, 2.24) is 9.88 Å². The van der Waals surface area contributed by atoms with Crippen LogP contribution in [-0.2, 0) is 24.1 Å². The molecule has 0 fully saturated rings. The van der Waals surface area contributed by atoms with E-state index in [1.807, 2.05) is 25.7 Å². The van der Waals surface area contributed by atoms with Gasteiger partial charge >= 0.3 is 6.09 Å². The summed E-state index contributed by atoms with van der Waals surface area (Å²) in [6.07, 6.45) is 3.46. The highest BCUT2D eigenvalue weighted by Gasteiger charge is 2.31. The largest absolute Gasteiger partial charge is 0.444 e. The summed E-state index contributed by atoms with van der Waals surface area (Å²) in [6.45, 7) is 9.04.